The molecule has 4 heterocycles. The van der Waals surface area contributed by atoms with Gasteiger partial charge in [-0.25, -0.2) is 0 Å². The van der Waals surface area contributed by atoms with E-state index in [1.54, 1.807) is 9.80 Å². The van der Waals surface area contributed by atoms with Crippen LogP contribution in [0.1, 0.15) is 55.2 Å². The number of benzene rings is 3. The number of rotatable bonds is 9. The van der Waals surface area contributed by atoms with Gasteiger partial charge in [0.25, 0.3) is 0 Å². The van der Waals surface area contributed by atoms with Crippen molar-refractivity contribution < 1.29 is 36.4 Å². The fourth-order valence-electron chi connectivity index (χ4n) is 9.10. The fraction of sp³-hybridized carbons (Fsp3) is 0.439. The molecular formula is C41H49ClN4O4. The highest BCUT2D eigenvalue weighted by Gasteiger charge is 2.47. The average Bonchev–Trinajstić information content (AvgIpc) is 3.91. The molecule has 3 fully saturated rings. The Balaban J connectivity index is 0.00000432. The van der Waals surface area contributed by atoms with Crippen LogP contribution in [-0.4, -0.2) is 101 Å². The van der Waals surface area contributed by atoms with Crippen molar-refractivity contribution >= 4 is 17.7 Å². The highest BCUT2D eigenvalue weighted by atomic mass is 35.5. The third-order valence-corrected chi connectivity index (χ3v) is 11.5. The summed E-state index contributed by atoms with van der Waals surface area (Å²) >= 11 is 0. The maximum Gasteiger partial charge on any atom is 0.246 e. The normalized spacial score (nSPS) is 24.3. The Bertz CT molecular complexity index is 1550. The summed E-state index contributed by atoms with van der Waals surface area (Å²) in [6.45, 7) is 5.64. The topological polar surface area (TPSA) is 89.9 Å². The smallest absolute Gasteiger partial charge is 0.246 e. The first kappa shape index (κ1) is 35.8. The van der Waals surface area contributed by atoms with Crippen LogP contribution in [0.4, 0.5) is 0 Å². The van der Waals surface area contributed by atoms with Crippen LogP contribution in [0.25, 0.3) is 0 Å². The van der Waals surface area contributed by atoms with Gasteiger partial charge in [-0.1, -0.05) is 91.0 Å². The molecule has 3 amide bonds. The van der Waals surface area contributed by atoms with Crippen LogP contribution in [0, 0.1) is 5.92 Å². The van der Waals surface area contributed by atoms with Gasteiger partial charge < -0.3 is 37.1 Å². The Morgan fingerprint density at radius 1 is 0.780 bits per heavy atom. The minimum absolute atomic E-state index is 0. The summed E-state index contributed by atoms with van der Waals surface area (Å²) in [4.78, 5) is 45.8. The molecule has 0 aromatic heterocycles. The van der Waals surface area contributed by atoms with Gasteiger partial charge in [0.15, 0.2) is 0 Å². The van der Waals surface area contributed by atoms with E-state index in [1.807, 2.05) is 54.6 Å². The largest absolute Gasteiger partial charge is 1.00 e. The summed E-state index contributed by atoms with van der Waals surface area (Å²) < 4.78 is 1.10. The SMILES string of the molecule is O=C(NC[C@H]1CCC[N+]2(CC=CC2)C1)[C@H]1CCCN1C(=O)[C@@H]1C[C@@H](O)CN1C(=O)CC(c1ccccc1)(c1ccccc1)c1ccccc1.[Cl-]. The molecule has 4 aliphatic rings. The maximum absolute atomic E-state index is 14.6. The number of carbonyl (C=O) groups excluding carboxylic acids is 3. The van der Waals surface area contributed by atoms with Gasteiger partial charge in [-0.2, -0.15) is 0 Å². The van der Waals surface area contributed by atoms with E-state index in [0.717, 1.165) is 53.6 Å². The van der Waals surface area contributed by atoms with Crippen molar-refractivity contribution in [3.05, 3.63) is 120 Å². The number of hydrogen-bond donors (Lipinski definition) is 2. The molecule has 0 bridgehead atoms. The number of quaternary nitrogens is 1. The number of halogens is 1. The lowest BCUT2D eigenvalue weighted by Crippen LogP contribution is -3.00. The van der Waals surface area contributed by atoms with Crippen LogP contribution >= 0.6 is 0 Å². The summed E-state index contributed by atoms with van der Waals surface area (Å²) in [5.41, 5.74) is 2.12. The van der Waals surface area contributed by atoms with Crippen molar-refractivity contribution in [1.82, 2.24) is 15.1 Å². The average molecular weight is 697 g/mol. The molecule has 0 unspecified atom stereocenters. The van der Waals surface area contributed by atoms with E-state index in [2.05, 4.69) is 53.9 Å². The predicted octanol–water partition coefficient (Wildman–Crippen LogP) is 1.28. The van der Waals surface area contributed by atoms with Gasteiger partial charge in [0.1, 0.15) is 12.1 Å². The van der Waals surface area contributed by atoms with Gasteiger partial charge in [-0.15, -0.1) is 0 Å². The van der Waals surface area contributed by atoms with Gasteiger partial charge in [0, 0.05) is 38.4 Å². The number of β-amino-alcohol motifs (C(OH)–C–C–N with tert-alkyl or cyclic N) is 1. The van der Waals surface area contributed by atoms with Gasteiger partial charge in [-0.3, -0.25) is 14.4 Å². The first-order valence-corrected chi connectivity index (χ1v) is 18.1. The Hall–Kier alpha value is -3.98. The molecule has 9 heteroatoms. The molecule has 4 aliphatic heterocycles. The van der Waals surface area contributed by atoms with Crippen molar-refractivity contribution in [2.45, 2.75) is 62.1 Å². The molecule has 3 aromatic rings. The van der Waals surface area contributed by atoms with E-state index in [4.69, 9.17) is 0 Å². The van der Waals surface area contributed by atoms with Crippen molar-refractivity contribution in [1.29, 1.82) is 0 Å². The Morgan fingerprint density at radius 2 is 1.36 bits per heavy atom. The maximum atomic E-state index is 14.6. The fourth-order valence-corrected chi connectivity index (χ4v) is 9.10. The van der Waals surface area contributed by atoms with Crippen molar-refractivity contribution in [3.8, 4) is 0 Å². The van der Waals surface area contributed by atoms with Gasteiger partial charge >= 0.3 is 0 Å². The molecule has 2 N–H and O–H groups in total. The number of piperidine rings is 1. The van der Waals surface area contributed by atoms with Crippen molar-refractivity contribution in [2.24, 2.45) is 5.92 Å². The predicted molar refractivity (Wildman–Crippen MR) is 189 cm³/mol. The Labute approximate surface area is 302 Å². The van der Waals surface area contributed by atoms with E-state index in [1.165, 1.54) is 13.0 Å². The summed E-state index contributed by atoms with van der Waals surface area (Å²) in [6.07, 6.45) is 7.63. The van der Waals surface area contributed by atoms with Crippen LogP contribution < -0.4 is 17.7 Å². The van der Waals surface area contributed by atoms with Crippen LogP contribution in [0.3, 0.4) is 0 Å². The Kier molecular flexibility index (Phi) is 11.1. The third kappa shape index (κ3) is 7.11. The highest BCUT2D eigenvalue weighted by Crippen LogP contribution is 2.43. The molecule has 264 valence electrons. The minimum atomic E-state index is -0.818. The number of amides is 3. The van der Waals surface area contributed by atoms with E-state index in [9.17, 15) is 19.5 Å². The number of likely N-dealkylation sites (tertiary alicyclic amines) is 2. The zero-order valence-corrected chi connectivity index (χ0v) is 29.5. The van der Waals surface area contributed by atoms with E-state index in [0.29, 0.717) is 25.4 Å². The number of nitrogens with one attached hydrogen (secondary N) is 1. The number of aliphatic hydroxyl groups excluding tert-OH is 1. The lowest BCUT2D eigenvalue weighted by Gasteiger charge is -2.41. The molecule has 0 aliphatic carbocycles. The molecule has 8 nitrogen and oxygen atoms in total. The molecule has 3 aromatic carbocycles. The Morgan fingerprint density at radius 3 is 1.94 bits per heavy atom. The zero-order chi connectivity index (χ0) is 33.8. The van der Waals surface area contributed by atoms with Gasteiger partial charge in [0.2, 0.25) is 17.7 Å². The molecular weight excluding hydrogens is 648 g/mol. The monoisotopic (exact) mass is 696 g/mol. The molecule has 50 heavy (non-hydrogen) atoms. The first-order valence-electron chi connectivity index (χ1n) is 18.1. The lowest BCUT2D eigenvalue weighted by atomic mass is 9.67. The second kappa shape index (κ2) is 15.5. The zero-order valence-electron chi connectivity index (χ0n) is 28.7. The molecule has 4 atom stereocenters. The molecule has 7 rings (SSSR count). The second-order valence-electron chi connectivity index (χ2n) is 14.7. The summed E-state index contributed by atoms with van der Waals surface area (Å²) in [6, 6.07) is 28.8. The van der Waals surface area contributed by atoms with Crippen molar-refractivity contribution in [2.75, 3.05) is 45.8 Å². The summed E-state index contributed by atoms with van der Waals surface area (Å²) in [7, 11) is 0. The number of aliphatic hydroxyl groups is 1. The molecule has 0 radical (unpaired) electrons. The van der Waals surface area contributed by atoms with Gasteiger partial charge in [-0.05, 0) is 54.5 Å². The number of nitrogens with zero attached hydrogens (tertiary/aromatic N) is 3. The summed E-state index contributed by atoms with van der Waals surface area (Å²) in [5.74, 6) is -0.106. The van der Waals surface area contributed by atoms with Crippen LogP contribution in [0.15, 0.2) is 103 Å². The van der Waals surface area contributed by atoms with E-state index < -0.39 is 23.6 Å². The standard InChI is InChI=1S/C41H48N4O4.ClH/c46-35-26-37(40(49)43-22-12-21-36(43)39(48)42-28-31-14-13-25-45(30-31)23-10-11-24-45)44(29-35)38(47)27-41(32-15-4-1-5-16-32,33-17-6-2-7-18-33)34-19-8-3-9-20-34;/h1-11,15-20,31,35-37,46H,12-14,21-30H2;1H/t31-,35-,36-,37+;/m1./s1. The molecule has 1 spiro atoms. The van der Waals surface area contributed by atoms with Gasteiger partial charge in [0.05, 0.1) is 37.7 Å². The molecule has 3 saturated heterocycles. The van der Waals surface area contributed by atoms with Crippen LogP contribution in [-0.2, 0) is 19.8 Å². The quantitative estimate of drug-likeness (QED) is 0.201. The minimum Gasteiger partial charge on any atom is -1.00 e. The van der Waals surface area contributed by atoms with Crippen LogP contribution in [0.5, 0.6) is 0 Å². The van der Waals surface area contributed by atoms with Crippen molar-refractivity contribution in [3.63, 3.8) is 0 Å². The molecule has 0 saturated carbocycles. The van der Waals surface area contributed by atoms with E-state index in [-0.39, 0.29) is 49.5 Å². The number of hydrogen-bond acceptors (Lipinski definition) is 4. The number of carbonyl (C=O) groups is 3. The van der Waals surface area contributed by atoms with E-state index >= 15 is 0 Å². The summed E-state index contributed by atoms with van der Waals surface area (Å²) in [5, 5.41) is 14.1. The first-order chi connectivity index (χ1) is 23.9. The van der Waals surface area contributed by atoms with Crippen LogP contribution in [0.2, 0.25) is 0 Å². The third-order valence-electron chi connectivity index (χ3n) is 11.5. The lowest BCUT2D eigenvalue weighted by molar-refractivity contribution is -0.920. The highest BCUT2D eigenvalue weighted by molar-refractivity contribution is 5.93. The second-order valence-corrected chi connectivity index (χ2v) is 14.7.